The van der Waals surface area contributed by atoms with Gasteiger partial charge in [0.1, 0.15) is 6.04 Å². The van der Waals surface area contributed by atoms with E-state index in [-0.39, 0.29) is 6.04 Å². The monoisotopic (exact) mass is 235 g/mol. The third-order valence-corrected chi connectivity index (χ3v) is 3.31. The molecule has 1 aromatic rings. The number of benzene rings is 1. The van der Waals surface area contributed by atoms with Crippen LogP contribution >= 0.6 is 0 Å². The van der Waals surface area contributed by atoms with Crippen LogP contribution in [-0.2, 0) is 11.2 Å². The molecule has 0 aliphatic heterocycles. The molecule has 0 bridgehead atoms. The van der Waals surface area contributed by atoms with E-state index in [0.717, 1.165) is 24.0 Å². The van der Waals surface area contributed by atoms with Gasteiger partial charge < -0.3 is 10.2 Å². The minimum absolute atomic E-state index is 0.184. The molecule has 0 heterocycles. The van der Waals surface area contributed by atoms with Gasteiger partial charge in [-0.3, -0.25) is 10.1 Å². The van der Waals surface area contributed by atoms with Gasteiger partial charge in [-0.1, -0.05) is 24.3 Å². The maximum Gasteiger partial charge on any atom is 0.320 e. The molecule has 2 rings (SSSR count). The van der Waals surface area contributed by atoms with E-state index in [1.54, 1.807) is 6.92 Å². The molecule has 1 aliphatic carbocycles. The second-order valence-corrected chi connectivity index (χ2v) is 4.52. The van der Waals surface area contributed by atoms with Crippen molar-refractivity contribution in [2.45, 2.75) is 38.0 Å². The molecule has 0 fully saturated rings. The van der Waals surface area contributed by atoms with Crippen molar-refractivity contribution in [1.82, 2.24) is 5.32 Å². The lowest BCUT2D eigenvalue weighted by Crippen LogP contribution is -2.46. The lowest BCUT2D eigenvalue weighted by atomic mass is 9.85. The van der Waals surface area contributed by atoms with Crippen LogP contribution in [0.15, 0.2) is 24.3 Å². The number of aryl methyl sites for hydroxylation is 1. The van der Waals surface area contributed by atoms with Crippen molar-refractivity contribution in [2.24, 2.45) is 0 Å². The Morgan fingerprint density at radius 2 is 2.18 bits per heavy atom. The fourth-order valence-corrected chi connectivity index (χ4v) is 2.30. The van der Waals surface area contributed by atoms with E-state index in [0.29, 0.717) is 0 Å². The van der Waals surface area contributed by atoms with Gasteiger partial charge in [-0.2, -0.15) is 0 Å². The standard InChI is InChI=1S/C13H17NO3/c1-8(13(16)17)14-11-7-6-9-4-2-3-5-10(9)12(11)15/h2-5,8,11-12,14-15H,6-7H2,1H3,(H,16,17). The van der Waals surface area contributed by atoms with E-state index in [1.165, 1.54) is 0 Å². The van der Waals surface area contributed by atoms with Crippen LogP contribution < -0.4 is 5.32 Å². The van der Waals surface area contributed by atoms with E-state index in [9.17, 15) is 9.90 Å². The van der Waals surface area contributed by atoms with Gasteiger partial charge in [0.2, 0.25) is 0 Å². The Hall–Kier alpha value is -1.39. The quantitative estimate of drug-likeness (QED) is 0.733. The van der Waals surface area contributed by atoms with Gasteiger partial charge in [-0.15, -0.1) is 0 Å². The summed E-state index contributed by atoms with van der Waals surface area (Å²) in [5.41, 5.74) is 2.06. The second-order valence-electron chi connectivity index (χ2n) is 4.52. The molecule has 3 atom stereocenters. The maximum atomic E-state index is 10.8. The van der Waals surface area contributed by atoms with Gasteiger partial charge in [0.05, 0.1) is 6.10 Å². The predicted molar refractivity (Wildman–Crippen MR) is 63.7 cm³/mol. The highest BCUT2D eigenvalue weighted by Crippen LogP contribution is 2.29. The topological polar surface area (TPSA) is 69.6 Å². The fourth-order valence-electron chi connectivity index (χ4n) is 2.30. The molecule has 17 heavy (non-hydrogen) atoms. The molecule has 3 N–H and O–H groups in total. The molecular formula is C13H17NO3. The highest BCUT2D eigenvalue weighted by atomic mass is 16.4. The minimum Gasteiger partial charge on any atom is -0.480 e. The lowest BCUT2D eigenvalue weighted by molar-refractivity contribution is -0.139. The number of nitrogens with one attached hydrogen (secondary N) is 1. The Bertz CT molecular complexity index is 419. The number of aliphatic hydroxyl groups excluding tert-OH is 1. The fraction of sp³-hybridized carbons (Fsp3) is 0.462. The zero-order valence-corrected chi connectivity index (χ0v) is 9.76. The van der Waals surface area contributed by atoms with Crippen LogP contribution in [0.2, 0.25) is 0 Å². The first-order valence-corrected chi connectivity index (χ1v) is 5.84. The summed E-state index contributed by atoms with van der Waals surface area (Å²) in [5.74, 6) is -0.893. The zero-order valence-electron chi connectivity index (χ0n) is 9.76. The summed E-state index contributed by atoms with van der Waals surface area (Å²) in [5, 5.41) is 22.0. The maximum absolute atomic E-state index is 10.8. The van der Waals surface area contributed by atoms with Crippen LogP contribution in [-0.4, -0.2) is 28.3 Å². The van der Waals surface area contributed by atoms with Crippen LogP contribution in [0.4, 0.5) is 0 Å². The summed E-state index contributed by atoms with van der Waals surface area (Å²) in [6.07, 6.45) is 1.01. The normalized spacial score (nSPS) is 25.1. The smallest absolute Gasteiger partial charge is 0.320 e. The summed E-state index contributed by atoms with van der Waals surface area (Å²) >= 11 is 0. The molecule has 4 heteroatoms. The van der Waals surface area contributed by atoms with Gasteiger partial charge in [0.25, 0.3) is 0 Å². The summed E-state index contributed by atoms with van der Waals surface area (Å²) in [6.45, 7) is 1.59. The molecule has 0 saturated carbocycles. The molecule has 0 radical (unpaired) electrons. The van der Waals surface area contributed by atoms with Crippen molar-refractivity contribution in [3.63, 3.8) is 0 Å². The largest absolute Gasteiger partial charge is 0.480 e. The van der Waals surface area contributed by atoms with Crippen molar-refractivity contribution in [1.29, 1.82) is 0 Å². The molecule has 3 unspecified atom stereocenters. The molecule has 0 spiro atoms. The first-order chi connectivity index (χ1) is 8.09. The second kappa shape index (κ2) is 4.85. The third kappa shape index (κ3) is 2.48. The van der Waals surface area contributed by atoms with Crippen molar-refractivity contribution >= 4 is 5.97 Å². The average Bonchev–Trinajstić information content (AvgIpc) is 2.33. The number of fused-ring (bicyclic) bond motifs is 1. The number of carboxylic acid groups (broad SMARTS) is 1. The molecule has 1 aliphatic rings. The molecule has 0 aromatic heterocycles. The zero-order chi connectivity index (χ0) is 12.4. The van der Waals surface area contributed by atoms with Crippen molar-refractivity contribution in [3.8, 4) is 0 Å². The van der Waals surface area contributed by atoms with Crippen LogP contribution in [0.5, 0.6) is 0 Å². The Labute approximate surface area is 100 Å². The van der Waals surface area contributed by atoms with Crippen LogP contribution in [0.3, 0.4) is 0 Å². The Kier molecular flexibility index (Phi) is 3.45. The van der Waals surface area contributed by atoms with Crippen molar-refractivity contribution < 1.29 is 15.0 Å². The molecular weight excluding hydrogens is 218 g/mol. The molecule has 1 aromatic carbocycles. The average molecular weight is 235 g/mol. The summed E-state index contributed by atoms with van der Waals surface area (Å²) in [7, 11) is 0. The molecule has 0 saturated heterocycles. The Morgan fingerprint density at radius 1 is 1.47 bits per heavy atom. The highest BCUT2D eigenvalue weighted by molar-refractivity contribution is 5.72. The number of carbonyl (C=O) groups is 1. The first kappa shape index (κ1) is 12.1. The van der Waals surface area contributed by atoms with Gasteiger partial charge in [0.15, 0.2) is 0 Å². The summed E-state index contributed by atoms with van der Waals surface area (Å²) in [6, 6.07) is 6.94. The lowest BCUT2D eigenvalue weighted by Gasteiger charge is -2.32. The van der Waals surface area contributed by atoms with Gasteiger partial charge in [-0.05, 0) is 30.9 Å². The number of carboxylic acids is 1. The van der Waals surface area contributed by atoms with E-state index >= 15 is 0 Å². The summed E-state index contributed by atoms with van der Waals surface area (Å²) in [4.78, 5) is 10.8. The number of hydrogen-bond donors (Lipinski definition) is 3. The van der Waals surface area contributed by atoms with Gasteiger partial charge in [-0.25, -0.2) is 0 Å². The minimum atomic E-state index is -0.893. The van der Waals surface area contributed by atoms with Crippen LogP contribution in [0.1, 0.15) is 30.6 Å². The molecule has 92 valence electrons. The molecule has 0 amide bonds. The van der Waals surface area contributed by atoms with Crippen LogP contribution in [0.25, 0.3) is 0 Å². The van der Waals surface area contributed by atoms with Crippen molar-refractivity contribution in [3.05, 3.63) is 35.4 Å². The highest BCUT2D eigenvalue weighted by Gasteiger charge is 2.29. The predicted octanol–water partition coefficient (Wildman–Crippen LogP) is 1.10. The molecule has 4 nitrogen and oxygen atoms in total. The Morgan fingerprint density at radius 3 is 2.88 bits per heavy atom. The summed E-state index contributed by atoms with van der Waals surface area (Å²) < 4.78 is 0. The number of aliphatic hydroxyl groups is 1. The SMILES string of the molecule is CC(NC1CCc2ccccc2C1O)C(=O)O. The van der Waals surface area contributed by atoms with Crippen molar-refractivity contribution in [2.75, 3.05) is 0 Å². The Balaban J connectivity index is 2.12. The van der Waals surface area contributed by atoms with E-state index in [1.807, 2.05) is 24.3 Å². The van der Waals surface area contributed by atoms with E-state index < -0.39 is 18.1 Å². The number of aliphatic carboxylic acids is 1. The number of hydrogen-bond acceptors (Lipinski definition) is 3. The van der Waals surface area contributed by atoms with Gasteiger partial charge in [0, 0.05) is 6.04 Å². The van der Waals surface area contributed by atoms with E-state index in [4.69, 9.17) is 5.11 Å². The first-order valence-electron chi connectivity index (χ1n) is 5.84. The van der Waals surface area contributed by atoms with Crippen LogP contribution in [0, 0.1) is 0 Å². The number of rotatable bonds is 3. The van der Waals surface area contributed by atoms with E-state index in [2.05, 4.69) is 5.32 Å². The van der Waals surface area contributed by atoms with Gasteiger partial charge >= 0.3 is 5.97 Å². The third-order valence-electron chi connectivity index (χ3n) is 3.31.